The Morgan fingerprint density at radius 3 is 2.29 bits per heavy atom. The van der Waals surface area contributed by atoms with E-state index in [0.29, 0.717) is 19.3 Å². The number of carbonyl (C=O) groups excluding carboxylic acids is 2. The molecule has 6 heteroatoms. The van der Waals surface area contributed by atoms with Crippen molar-refractivity contribution in [2.45, 2.75) is 31.2 Å². The summed E-state index contributed by atoms with van der Waals surface area (Å²) in [4.78, 5) is 34.5. The number of benzene rings is 2. The number of nitroso groups, excluding NO2 is 1. The number of fused-ring (bicyclic) bond motifs is 3. The van der Waals surface area contributed by atoms with Gasteiger partial charge in [0, 0.05) is 11.1 Å². The molecule has 1 N–H and O–H groups in total. The highest BCUT2D eigenvalue weighted by molar-refractivity contribution is 5.86. The van der Waals surface area contributed by atoms with Gasteiger partial charge in [-0.2, -0.15) is 0 Å². The summed E-state index contributed by atoms with van der Waals surface area (Å²) in [7, 11) is 0. The van der Waals surface area contributed by atoms with Crippen molar-refractivity contribution < 1.29 is 14.3 Å². The number of nitrogens with one attached hydrogen (secondary N) is 1. The minimum Gasteiger partial charge on any atom is -0.449 e. The Morgan fingerprint density at radius 2 is 1.71 bits per heavy atom. The van der Waals surface area contributed by atoms with E-state index < -0.39 is 18.0 Å². The van der Waals surface area contributed by atoms with E-state index in [1.165, 1.54) is 0 Å². The number of rotatable bonds is 8. The van der Waals surface area contributed by atoms with Crippen molar-refractivity contribution in [1.29, 1.82) is 0 Å². The van der Waals surface area contributed by atoms with Crippen LogP contribution in [0.3, 0.4) is 0 Å². The molecule has 0 heterocycles. The number of ether oxygens (including phenoxy) is 1. The lowest BCUT2D eigenvalue weighted by atomic mass is 9.98. The molecule has 1 atom stereocenters. The van der Waals surface area contributed by atoms with Gasteiger partial charge in [0.15, 0.2) is 0 Å². The summed E-state index contributed by atoms with van der Waals surface area (Å²) in [6.07, 6.45) is 2.57. The molecule has 3 rings (SSSR count). The topological polar surface area (TPSA) is 84.8 Å². The standard InChI is InChI=1S/C22H22N2O4/c1-2-3-4-13-20(21(25)24-27)23-22(26)28-14-19-17-11-7-5-9-15(17)16-10-6-8-12-18(16)19/h2,5-12,19-20H,1,3-4,13-14H2,(H,23,26)/t20-/m1/s1. The molecule has 0 saturated carbocycles. The van der Waals surface area contributed by atoms with Gasteiger partial charge in [-0.3, -0.25) is 4.79 Å². The Hall–Kier alpha value is -3.28. The van der Waals surface area contributed by atoms with Gasteiger partial charge in [0.25, 0.3) is 0 Å². The maximum absolute atomic E-state index is 12.2. The second-order valence-electron chi connectivity index (χ2n) is 6.67. The van der Waals surface area contributed by atoms with Crippen molar-refractivity contribution in [1.82, 2.24) is 5.32 Å². The highest BCUT2D eigenvalue weighted by Gasteiger charge is 2.29. The van der Waals surface area contributed by atoms with Gasteiger partial charge in [0.1, 0.15) is 12.6 Å². The summed E-state index contributed by atoms with van der Waals surface area (Å²) in [5.74, 6) is -0.977. The summed E-state index contributed by atoms with van der Waals surface area (Å²) in [5, 5.41) is 4.89. The third-order valence-corrected chi connectivity index (χ3v) is 4.92. The maximum atomic E-state index is 12.2. The fourth-order valence-corrected chi connectivity index (χ4v) is 3.57. The predicted molar refractivity (Wildman–Crippen MR) is 107 cm³/mol. The number of hydrogen-bond donors (Lipinski definition) is 1. The molecule has 144 valence electrons. The molecule has 0 aromatic heterocycles. The second-order valence-corrected chi connectivity index (χ2v) is 6.67. The van der Waals surface area contributed by atoms with Gasteiger partial charge in [0.05, 0.1) is 0 Å². The molecule has 2 aromatic carbocycles. The minimum absolute atomic E-state index is 0.0720. The molecule has 0 saturated heterocycles. The summed E-state index contributed by atoms with van der Waals surface area (Å²) in [6, 6.07) is 15.1. The fraction of sp³-hybridized carbons (Fsp3) is 0.273. The minimum atomic E-state index is -0.979. The predicted octanol–water partition coefficient (Wildman–Crippen LogP) is 4.54. The van der Waals surface area contributed by atoms with Gasteiger partial charge in [-0.1, -0.05) is 54.6 Å². The third-order valence-electron chi connectivity index (χ3n) is 4.92. The van der Waals surface area contributed by atoms with Gasteiger partial charge < -0.3 is 10.1 Å². The van der Waals surface area contributed by atoms with Crippen molar-refractivity contribution in [3.8, 4) is 11.1 Å². The van der Waals surface area contributed by atoms with E-state index >= 15 is 0 Å². The summed E-state index contributed by atoms with van der Waals surface area (Å²) < 4.78 is 5.40. The quantitative estimate of drug-likeness (QED) is 0.415. The molecule has 28 heavy (non-hydrogen) atoms. The molecule has 0 unspecified atom stereocenters. The van der Waals surface area contributed by atoms with E-state index in [4.69, 9.17) is 4.74 Å². The lowest BCUT2D eigenvalue weighted by Crippen LogP contribution is -2.40. The number of alkyl carbamates (subject to hydrolysis) is 1. The van der Waals surface area contributed by atoms with Gasteiger partial charge in [0.2, 0.25) is 0 Å². The van der Waals surface area contributed by atoms with E-state index in [1.54, 1.807) is 6.08 Å². The maximum Gasteiger partial charge on any atom is 0.407 e. The Morgan fingerprint density at radius 1 is 1.11 bits per heavy atom. The summed E-state index contributed by atoms with van der Waals surface area (Å²) >= 11 is 0. The van der Waals surface area contributed by atoms with Gasteiger partial charge in [-0.25, -0.2) is 4.79 Å². The summed E-state index contributed by atoms with van der Waals surface area (Å²) in [5.41, 5.74) is 4.47. The van der Waals surface area contributed by atoms with Crippen LogP contribution in [0.5, 0.6) is 0 Å². The first-order valence-corrected chi connectivity index (χ1v) is 9.25. The van der Waals surface area contributed by atoms with E-state index in [-0.39, 0.29) is 12.5 Å². The third kappa shape index (κ3) is 4.17. The van der Waals surface area contributed by atoms with Crippen LogP contribution < -0.4 is 5.32 Å². The van der Waals surface area contributed by atoms with Crippen LogP contribution in [0.25, 0.3) is 11.1 Å². The molecule has 0 bridgehead atoms. The first kappa shape index (κ1) is 19.5. The molecule has 0 spiro atoms. The van der Waals surface area contributed by atoms with Crippen molar-refractivity contribution in [2.75, 3.05) is 6.61 Å². The smallest absolute Gasteiger partial charge is 0.407 e. The molecule has 0 fully saturated rings. The second kappa shape index (κ2) is 9.08. The van der Waals surface area contributed by atoms with Gasteiger partial charge >= 0.3 is 12.0 Å². The molecular weight excluding hydrogens is 356 g/mol. The number of allylic oxidation sites excluding steroid dienone is 1. The molecule has 0 radical (unpaired) electrons. The van der Waals surface area contributed by atoms with Crippen LogP contribution in [0.1, 0.15) is 36.3 Å². The SMILES string of the molecule is C=CCCC[C@@H](NC(=O)OCC1c2ccccc2-c2ccccc21)C(=O)N=O. The van der Waals surface area contributed by atoms with Crippen LogP contribution >= 0.6 is 0 Å². The number of amides is 2. The Bertz CT molecular complexity index is 848. The largest absolute Gasteiger partial charge is 0.449 e. The molecule has 1 aliphatic rings. The van der Waals surface area contributed by atoms with E-state index in [1.807, 2.05) is 36.4 Å². The number of unbranched alkanes of at least 4 members (excludes halogenated alkanes) is 1. The molecule has 2 amide bonds. The van der Waals surface area contributed by atoms with Crippen LogP contribution in [0.15, 0.2) is 66.4 Å². The monoisotopic (exact) mass is 378 g/mol. The highest BCUT2D eigenvalue weighted by Crippen LogP contribution is 2.44. The molecule has 0 aliphatic heterocycles. The zero-order valence-electron chi connectivity index (χ0n) is 15.5. The normalized spacial score (nSPS) is 13.1. The zero-order chi connectivity index (χ0) is 19.9. The van der Waals surface area contributed by atoms with Gasteiger partial charge in [-0.05, 0) is 41.5 Å². The van der Waals surface area contributed by atoms with Crippen LogP contribution in [0, 0.1) is 4.91 Å². The van der Waals surface area contributed by atoms with Crippen molar-refractivity contribution in [3.63, 3.8) is 0 Å². The number of hydrogen-bond acceptors (Lipinski definition) is 4. The average Bonchev–Trinajstić information content (AvgIpc) is 3.05. The van der Waals surface area contributed by atoms with E-state index in [2.05, 4.69) is 29.2 Å². The first-order valence-electron chi connectivity index (χ1n) is 9.25. The average molecular weight is 378 g/mol. The lowest BCUT2D eigenvalue weighted by molar-refractivity contribution is -0.120. The Labute approximate surface area is 163 Å². The first-order chi connectivity index (χ1) is 13.7. The van der Waals surface area contributed by atoms with Crippen LogP contribution in [0.2, 0.25) is 0 Å². The van der Waals surface area contributed by atoms with Crippen LogP contribution in [-0.4, -0.2) is 24.6 Å². The zero-order valence-corrected chi connectivity index (χ0v) is 15.5. The number of nitrogens with zero attached hydrogens (tertiary/aromatic N) is 1. The van der Waals surface area contributed by atoms with Crippen molar-refractivity contribution >= 4 is 12.0 Å². The van der Waals surface area contributed by atoms with Crippen molar-refractivity contribution in [2.24, 2.45) is 5.18 Å². The summed E-state index contributed by atoms with van der Waals surface area (Å²) in [6.45, 7) is 3.75. The lowest BCUT2D eigenvalue weighted by Gasteiger charge is -2.17. The highest BCUT2D eigenvalue weighted by atomic mass is 16.5. The van der Waals surface area contributed by atoms with Crippen molar-refractivity contribution in [3.05, 3.63) is 77.2 Å². The molecule has 6 nitrogen and oxygen atoms in total. The van der Waals surface area contributed by atoms with E-state index in [9.17, 15) is 14.5 Å². The number of carbonyl (C=O) groups is 2. The molecule has 1 aliphatic carbocycles. The van der Waals surface area contributed by atoms with Gasteiger partial charge in [-0.15, -0.1) is 11.5 Å². The molecular formula is C22H22N2O4. The fourth-order valence-electron chi connectivity index (χ4n) is 3.57. The van der Waals surface area contributed by atoms with E-state index in [0.717, 1.165) is 22.3 Å². The van der Waals surface area contributed by atoms with Crippen LogP contribution in [0.4, 0.5) is 4.79 Å². The van der Waals surface area contributed by atoms with Crippen LogP contribution in [-0.2, 0) is 9.53 Å². The molecule has 2 aromatic rings. The Balaban J connectivity index is 1.66. The Kier molecular flexibility index (Phi) is 6.32.